The minimum absolute atomic E-state index is 0.000938. The number of primary amides is 1. The van der Waals surface area contributed by atoms with Crippen molar-refractivity contribution in [2.75, 3.05) is 7.11 Å². The third-order valence-electron chi connectivity index (χ3n) is 3.99. The lowest BCUT2D eigenvalue weighted by molar-refractivity contribution is 0.0699. The molecule has 8 nitrogen and oxygen atoms in total. The summed E-state index contributed by atoms with van der Waals surface area (Å²) in [6.07, 6.45) is 1.49. The predicted molar refractivity (Wildman–Crippen MR) is 98.3 cm³/mol. The molecule has 0 aliphatic carbocycles. The number of fused-ring (bicyclic) bond motifs is 1. The number of carboxylic acids is 1. The molecule has 0 aliphatic heterocycles. The van der Waals surface area contributed by atoms with E-state index in [2.05, 4.69) is 4.98 Å². The molecule has 10 heteroatoms. The van der Waals surface area contributed by atoms with Gasteiger partial charge in [0.1, 0.15) is 11.5 Å². The molecule has 4 N–H and O–H groups in total. The van der Waals surface area contributed by atoms with E-state index in [4.69, 9.17) is 15.2 Å². The fourth-order valence-corrected chi connectivity index (χ4v) is 3.79. The largest absolute Gasteiger partial charge is 0.485 e. The molecule has 0 bridgehead atoms. The van der Waals surface area contributed by atoms with Crippen LogP contribution in [0.5, 0.6) is 11.6 Å². The molecule has 0 radical (unpaired) electrons. The molecule has 2 heterocycles. The van der Waals surface area contributed by atoms with Gasteiger partial charge in [-0.3, -0.25) is 4.79 Å². The van der Waals surface area contributed by atoms with Crippen LogP contribution in [0.15, 0.2) is 24.4 Å². The Morgan fingerprint density at radius 3 is 2.71 bits per heavy atom. The highest BCUT2D eigenvalue weighted by Crippen LogP contribution is 2.37. The standard InChI is InChI=1S/C18H15FN2O6S/c1-26-17-13-10(15(18(24)25)28-12(13)2-3-21-17)7-27-14-9(6-22)4-8(16(20)23)5-11(14)19/h2-5,22H,6-7H2,1H3,(H2,20,23)(H,24,25). The van der Waals surface area contributed by atoms with Crippen molar-refractivity contribution >= 4 is 33.3 Å². The van der Waals surface area contributed by atoms with Gasteiger partial charge in [0, 0.05) is 27.6 Å². The van der Waals surface area contributed by atoms with Gasteiger partial charge >= 0.3 is 5.97 Å². The number of thiophene rings is 1. The van der Waals surface area contributed by atoms with E-state index in [1.54, 1.807) is 6.07 Å². The van der Waals surface area contributed by atoms with Gasteiger partial charge < -0.3 is 25.4 Å². The first-order valence-corrected chi connectivity index (χ1v) is 8.72. The summed E-state index contributed by atoms with van der Waals surface area (Å²) in [4.78, 5) is 27.0. The highest BCUT2D eigenvalue weighted by Gasteiger charge is 2.23. The lowest BCUT2D eigenvalue weighted by atomic mass is 10.1. The minimum atomic E-state index is -1.17. The number of hydrogen-bond donors (Lipinski definition) is 3. The second kappa shape index (κ2) is 7.79. The first-order valence-electron chi connectivity index (χ1n) is 7.90. The molecule has 0 saturated heterocycles. The van der Waals surface area contributed by atoms with Gasteiger partial charge in [0.2, 0.25) is 11.8 Å². The fraction of sp³-hybridized carbons (Fsp3) is 0.167. The molecule has 1 aromatic carbocycles. The highest BCUT2D eigenvalue weighted by atomic mass is 32.1. The normalized spacial score (nSPS) is 10.8. The number of hydrogen-bond acceptors (Lipinski definition) is 7. The van der Waals surface area contributed by atoms with Crippen molar-refractivity contribution in [3.05, 3.63) is 51.8 Å². The molecule has 3 aromatic rings. The Morgan fingerprint density at radius 2 is 2.11 bits per heavy atom. The Kier molecular flexibility index (Phi) is 5.43. The lowest BCUT2D eigenvalue weighted by Crippen LogP contribution is -2.13. The van der Waals surface area contributed by atoms with E-state index in [0.717, 1.165) is 17.4 Å². The van der Waals surface area contributed by atoms with Crippen molar-refractivity contribution in [3.8, 4) is 11.6 Å². The number of carbonyl (C=O) groups excluding carboxylic acids is 1. The van der Waals surface area contributed by atoms with Crippen LogP contribution in [0.3, 0.4) is 0 Å². The van der Waals surface area contributed by atoms with Crippen LogP contribution in [0.1, 0.15) is 31.2 Å². The van der Waals surface area contributed by atoms with Gasteiger partial charge in [-0.2, -0.15) is 0 Å². The molecule has 28 heavy (non-hydrogen) atoms. The van der Waals surface area contributed by atoms with Gasteiger partial charge in [-0.15, -0.1) is 11.3 Å². The van der Waals surface area contributed by atoms with Gasteiger partial charge in [0.25, 0.3) is 0 Å². The smallest absolute Gasteiger partial charge is 0.346 e. The summed E-state index contributed by atoms with van der Waals surface area (Å²) < 4.78 is 25.7. The predicted octanol–water partition coefficient (Wildman–Crippen LogP) is 2.31. The Balaban J connectivity index is 2.06. The molecular formula is C18H15FN2O6S. The van der Waals surface area contributed by atoms with Gasteiger partial charge in [0.05, 0.1) is 19.1 Å². The average Bonchev–Trinajstić information content (AvgIpc) is 3.05. The third kappa shape index (κ3) is 3.47. The first kappa shape index (κ1) is 19.5. The Hall–Kier alpha value is -3.24. The van der Waals surface area contributed by atoms with E-state index in [9.17, 15) is 24.2 Å². The monoisotopic (exact) mass is 406 g/mol. The zero-order chi connectivity index (χ0) is 20.4. The van der Waals surface area contributed by atoms with Gasteiger partial charge in [-0.25, -0.2) is 14.2 Å². The number of amides is 1. The molecule has 0 spiro atoms. The van der Waals surface area contributed by atoms with Crippen molar-refractivity contribution in [3.63, 3.8) is 0 Å². The number of aromatic carboxylic acids is 1. The van der Waals surface area contributed by atoms with E-state index >= 15 is 0 Å². The molecule has 0 atom stereocenters. The number of halogens is 1. The zero-order valence-corrected chi connectivity index (χ0v) is 15.4. The molecule has 3 rings (SSSR count). The van der Waals surface area contributed by atoms with E-state index < -0.39 is 24.3 Å². The van der Waals surface area contributed by atoms with Crippen LogP contribution in [-0.2, 0) is 13.2 Å². The van der Waals surface area contributed by atoms with Crippen LogP contribution >= 0.6 is 11.3 Å². The molecule has 146 valence electrons. The number of aromatic nitrogens is 1. The molecule has 0 saturated carbocycles. The summed E-state index contributed by atoms with van der Waals surface area (Å²) >= 11 is 1.01. The first-order chi connectivity index (χ1) is 13.4. The summed E-state index contributed by atoms with van der Waals surface area (Å²) in [5, 5.41) is 19.4. The fourth-order valence-electron chi connectivity index (χ4n) is 2.76. The number of aliphatic hydroxyl groups excluding tert-OH is 1. The van der Waals surface area contributed by atoms with Crippen molar-refractivity contribution in [1.82, 2.24) is 4.98 Å². The zero-order valence-electron chi connectivity index (χ0n) is 14.6. The number of ether oxygens (including phenoxy) is 2. The summed E-state index contributed by atoms with van der Waals surface area (Å²) in [7, 11) is 1.40. The second-order valence-electron chi connectivity index (χ2n) is 5.67. The maximum Gasteiger partial charge on any atom is 0.346 e. The van der Waals surface area contributed by atoms with Crippen LogP contribution in [-0.4, -0.2) is 34.2 Å². The summed E-state index contributed by atoms with van der Waals surface area (Å²) in [5.41, 5.74) is 5.30. The van der Waals surface area contributed by atoms with Crippen LogP contribution in [0.2, 0.25) is 0 Å². The Morgan fingerprint density at radius 1 is 1.36 bits per heavy atom. The minimum Gasteiger partial charge on any atom is -0.485 e. The highest BCUT2D eigenvalue weighted by molar-refractivity contribution is 7.21. The summed E-state index contributed by atoms with van der Waals surface area (Å²) in [6, 6.07) is 3.75. The van der Waals surface area contributed by atoms with Gasteiger partial charge in [-0.05, 0) is 18.2 Å². The quantitative estimate of drug-likeness (QED) is 0.548. The summed E-state index contributed by atoms with van der Waals surface area (Å²) in [6.45, 7) is -0.919. The lowest BCUT2D eigenvalue weighted by Gasteiger charge is -2.13. The van der Waals surface area contributed by atoms with Gasteiger partial charge in [-0.1, -0.05) is 0 Å². The average molecular weight is 406 g/mol. The number of carboxylic acid groups (broad SMARTS) is 1. The number of rotatable bonds is 7. The van der Waals surface area contributed by atoms with E-state index in [1.807, 2.05) is 0 Å². The maximum atomic E-state index is 14.4. The number of methoxy groups -OCH3 is 1. The molecular weight excluding hydrogens is 391 g/mol. The topological polar surface area (TPSA) is 132 Å². The molecule has 0 fully saturated rings. The van der Waals surface area contributed by atoms with Crippen molar-refractivity contribution < 1.29 is 33.7 Å². The van der Waals surface area contributed by atoms with E-state index in [0.29, 0.717) is 10.1 Å². The van der Waals surface area contributed by atoms with Crippen molar-refractivity contribution in [1.29, 1.82) is 0 Å². The Labute approximate surface area is 161 Å². The molecule has 2 aromatic heterocycles. The van der Waals surface area contributed by atoms with E-state index in [1.165, 1.54) is 19.4 Å². The van der Waals surface area contributed by atoms with Crippen molar-refractivity contribution in [2.24, 2.45) is 5.73 Å². The SMILES string of the molecule is COc1nccc2sc(C(=O)O)c(COc3c(F)cc(C(N)=O)cc3CO)c12. The number of aliphatic hydroxyl groups is 1. The van der Waals surface area contributed by atoms with Gasteiger partial charge in [0.15, 0.2) is 11.6 Å². The van der Waals surface area contributed by atoms with E-state index in [-0.39, 0.29) is 39.8 Å². The number of carbonyl (C=O) groups is 2. The van der Waals surface area contributed by atoms with Crippen LogP contribution in [0, 0.1) is 5.82 Å². The number of nitrogens with zero attached hydrogens (tertiary/aromatic N) is 1. The number of pyridine rings is 1. The summed E-state index contributed by atoms with van der Waals surface area (Å²) in [5.74, 6) is -3.01. The van der Waals surface area contributed by atoms with Crippen LogP contribution < -0.4 is 15.2 Å². The third-order valence-corrected chi connectivity index (χ3v) is 5.17. The van der Waals surface area contributed by atoms with Crippen molar-refractivity contribution in [2.45, 2.75) is 13.2 Å². The number of nitrogens with two attached hydrogens (primary N) is 1. The molecule has 1 amide bonds. The number of benzene rings is 1. The van der Waals surface area contributed by atoms with Crippen LogP contribution in [0.25, 0.3) is 10.1 Å². The van der Waals surface area contributed by atoms with Crippen LogP contribution in [0.4, 0.5) is 4.39 Å². The Bertz CT molecular complexity index is 1080. The second-order valence-corrected chi connectivity index (χ2v) is 6.72. The molecule has 0 unspecified atom stereocenters. The molecule has 0 aliphatic rings. The maximum absolute atomic E-state index is 14.4.